The Bertz CT molecular complexity index is 832. The molecule has 1 saturated heterocycles. The van der Waals surface area contributed by atoms with E-state index in [1.807, 2.05) is 30.3 Å². The summed E-state index contributed by atoms with van der Waals surface area (Å²) in [4.78, 5) is 40.5. The SMILES string of the molecule is C=CC[C@H]1CCC(C(=O)NCCc2ccccc2)N1C(=O)[C@H](CC=C)NC(=O)OC(C)(C)C. The van der Waals surface area contributed by atoms with Crippen LogP contribution in [0.3, 0.4) is 0 Å². The molecule has 1 aliphatic rings. The first-order valence-corrected chi connectivity index (χ1v) is 11.5. The van der Waals surface area contributed by atoms with Crippen LogP contribution in [0.2, 0.25) is 0 Å². The van der Waals surface area contributed by atoms with Crippen molar-refractivity contribution in [1.82, 2.24) is 15.5 Å². The van der Waals surface area contributed by atoms with Crippen LogP contribution in [0.25, 0.3) is 0 Å². The zero-order chi connectivity index (χ0) is 24.4. The minimum atomic E-state index is -0.859. The van der Waals surface area contributed by atoms with Crippen LogP contribution >= 0.6 is 0 Å². The van der Waals surface area contributed by atoms with E-state index < -0.39 is 23.8 Å². The third-order valence-electron chi connectivity index (χ3n) is 5.45. The number of hydrogen-bond donors (Lipinski definition) is 2. The standard InChI is InChI=1S/C26H37N3O4/c1-6-11-20-15-16-22(23(30)27-18-17-19-13-9-8-10-14-19)29(20)24(31)21(12-7-2)28-25(32)33-26(3,4)5/h6-10,13-14,20-22H,1-2,11-12,15-18H2,3-5H3,(H,27,30)(H,28,32)/t20-,21-,22?/m0/s1. The minimum Gasteiger partial charge on any atom is -0.444 e. The van der Waals surface area contributed by atoms with Gasteiger partial charge in [0.05, 0.1) is 0 Å². The molecule has 1 aromatic rings. The van der Waals surface area contributed by atoms with Crippen LogP contribution in [0.1, 0.15) is 52.0 Å². The summed E-state index contributed by atoms with van der Waals surface area (Å²) >= 11 is 0. The molecule has 0 aromatic heterocycles. The molecule has 33 heavy (non-hydrogen) atoms. The zero-order valence-corrected chi connectivity index (χ0v) is 20.0. The van der Waals surface area contributed by atoms with E-state index in [0.29, 0.717) is 32.2 Å². The van der Waals surface area contributed by atoms with Gasteiger partial charge in [0.25, 0.3) is 0 Å². The molecule has 0 bridgehead atoms. The summed E-state index contributed by atoms with van der Waals surface area (Å²) in [5, 5.41) is 5.63. The largest absolute Gasteiger partial charge is 0.444 e. The van der Waals surface area contributed by atoms with Crippen molar-refractivity contribution in [3.63, 3.8) is 0 Å². The van der Waals surface area contributed by atoms with E-state index in [2.05, 4.69) is 23.8 Å². The molecule has 1 unspecified atom stereocenters. The number of carbonyl (C=O) groups excluding carboxylic acids is 3. The lowest BCUT2D eigenvalue weighted by Crippen LogP contribution is -2.56. The number of rotatable bonds is 10. The molecular formula is C26H37N3O4. The quantitative estimate of drug-likeness (QED) is 0.526. The Hall–Kier alpha value is -3.09. The van der Waals surface area contributed by atoms with Gasteiger partial charge in [-0.05, 0) is 58.4 Å². The number of hydrogen-bond acceptors (Lipinski definition) is 4. The molecule has 3 atom stereocenters. The maximum atomic E-state index is 13.5. The molecule has 1 aliphatic heterocycles. The molecule has 7 heteroatoms. The van der Waals surface area contributed by atoms with Gasteiger partial charge in [0.15, 0.2) is 0 Å². The van der Waals surface area contributed by atoms with Crippen LogP contribution in [0.5, 0.6) is 0 Å². The number of amides is 3. The van der Waals surface area contributed by atoms with E-state index in [4.69, 9.17) is 4.74 Å². The van der Waals surface area contributed by atoms with Gasteiger partial charge in [-0.25, -0.2) is 4.79 Å². The summed E-state index contributed by atoms with van der Waals surface area (Å²) in [6, 6.07) is 8.31. The number of benzene rings is 1. The highest BCUT2D eigenvalue weighted by Crippen LogP contribution is 2.28. The first kappa shape index (κ1) is 26.2. The summed E-state index contributed by atoms with van der Waals surface area (Å²) in [5.41, 5.74) is 0.445. The summed E-state index contributed by atoms with van der Waals surface area (Å²) < 4.78 is 5.32. The fraction of sp³-hybridized carbons (Fsp3) is 0.500. The molecule has 0 spiro atoms. The van der Waals surface area contributed by atoms with Crippen molar-refractivity contribution in [1.29, 1.82) is 0 Å². The molecular weight excluding hydrogens is 418 g/mol. The smallest absolute Gasteiger partial charge is 0.408 e. The molecule has 7 nitrogen and oxygen atoms in total. The van der Waals surface area contributed by atoms with Gasteiger partial charge in [0.2, 0.25) is 11.8 Å². The maximum absolute atomic E-state index is 13.5. The Morgan fingerprint density at radius 2 is 1.85 bits per heavy atom. The monoisotopic (exact) mass is 455 g/mol. The van der Waals surface area contributed by atoms with E-state index in [0.717, 1.165) is 5.56 Å². The van der Waals surface area contributed by atoms with Crippen molar-refractivity contribution in [2.24, 2.45) is 0 Å². The van der Waals surface area contributed by atoms with Gasteiger partial charge in [-0.1, -0.05) is 42.5 Å². The number of carbonyl (C=O) groups is 3. The molecule has 3 amide bonds. The Morgan fingerprint density at radius 1 is 1.15 bits per heavy atom. The summed E-state index contributed by atoms with van der Waals surface area (Å²) in [6.45, 7) is 13.3. The van der Waals surface area contributed by atoms with Crippen LogP contribution in [0, 0.1) is 0 Å². The van der Waals surface area contributed by atoms with Crippen LogP contribution in [-0.2, 0) is 20.7 Å². The third-order valence-corrected chi connectivity index (χ3v) is 5.45. The second kappa shape index (κ2) is 12.2. The van der Waals surface area contributed by atoms with E-state index in [9.17, 15) is 14.4 Å². The van der Waals surface area contributed by atoms with Gasteiger partial charge in [-0.2, -0.15) is 0 Å². The highest BCUT2D eigenvalue weighted by molar-refractivity contribution is 5.92. The Labute approximate surface area is 197 Å². The van der Waals surface area contributed by atoms with Crippen molar-refractivity contribution in [3.8, 4) is 0 Å². The Balaban J connectivity index is 2.10. The maximum Gasteiger partial charge on any atom is 0.408 e. The lowest BCUT2D eigenvalue weighted by Gasteiger charge is -2.33. The summed E-state index contributed by atoms with van der Waals surface area (Å²) in [5.74, 6) is -0.492. The number of nitrogens with one attached hydrogen (secondary N) is 2. The number of nitrogens with zero attached hydrogens (tertiary/aromatic N) is 1. The molecule has 0 saturated carbocycles. The fourth-order valence-corrected chi connectivity index (χ4v) is 4.01. The molecule has 1 heterocycles. The molecule has 2 N–H and O–H groups in total. The van der Waals surface area contributed by atoms with Crippen LogP contribution in [-0.4, -0.2) is 53.1 Å². The normalized spacial score (nSPS) is 18.8. The third kappa shape index (κ3) is 8.08. The minimum absolute atomic E-state index is 0.146. The highest BCUT2D eigenvalue weighted by atomic mass is 16.6. The topological polar surface area (TPSA) is 87.7 Å². The van der Waals surface area contributed by atoms with E-state index in [1.165, 1.54) is 0 Å². The molecule has 2 rings (SSSR count). The molecule has 1 fully saturated rings. The first-order valence-electron chi connectivity index (χ1n) is 11.5. The molecule has 0 aliphatic carbocycles. The van der Waals surface area contributed by atoms with E-state index in [1.54, 1.807) is 37.8 Å². The molecule has 1 aromatic carbocycles. The van der Waals surface area contributed by atoms with Gasteiger partial charge in [-0.3, -0.25) is 9.59 Å². The predicted octanol–water partition coefficient (Wildman–Crippen LogP) is 3.75. The van der Waals surface area contributed by atoms with E-state index >= 15 is 0 Å². The Kier molecular flexibility index (Phi) is 9.70. The van der Waals surface area contributed by atoms with Crippen molar-refractivity contribution in [3.05, 3.63) is 61.2 Å². The lowest BCUT2D eigenvalue weighted by molar-refractivity contribution is -0.142. The van der Waals surface area contributed by atoms with Gasteiger partial charge in [-0.15, -0.1) is 13.2 Å². The van der Waals surface area contributed by atoms with Gasteiger partial charge >= 0.3 is 6.09 Å². The average molecular weight is 456 g/mol. The van der Waals surface area contributed by atoms with Crippen LogP contribution in [0.15, 0.2) is 55.6 Å². The van der Waals surface area contributed by atoms with Gasteiger partial charge in [0, 0.05) is 12.6 Å². The second-order valence-corrected chi connectivity index (χ2v) is 9.27. The zero-order valence-electron chi connectivity index (χ0n) is 20.0. The highest BCUT2D eigenvalue weighted by Gasteiger charge is 2.42. The lowest BCUT2D eigenvalue weighted by atomic mass is 10.1. The molecule has 180 valence electrons. The fourth-order valence-electron chi connectivity index (χ4n) is 4.01. The first-order chi connectivity index (χ1) is 15.7. The average Bonchev–Trinajstić information content (AvgIpc) is 3.16. The van der Waals surface area contributed by atoms with Crippen molar-refractivity contribution in [2.75, 3.05) is 6.54 Å². The van der Waals surface area contributed by atoms with Crippen molar-refractivity contribution >= 4 is 17.9 Å². The second-order valence-electron chi connectivity index (χ2n) is 9.27. The number of likely N-dealkylation sites (tertiary alicyclic amines) is 1. The van der Waals surface area contributed by atoms with Crippen molar-refractivity contribution < 1.29 is 19.1 Å². The molecule has 0 radical (unpaired) electrons. The Morgan fingerprint density at radius 3 is 2.45 bits per heavy atom. The van der Waals surface area contributed by atoms with Crippen LogP contribution in [0.4, 0.5) is 4.79 Å². The van der Waals surface area contributed by atoms with Crippen LogP contribution < -0.4 is 10.6 Å². The van der Waals surface area contributed by atoms with Gasteiger partial charge < -0.3 is 20.3 Å². The van der Waals surface area contributed by atoms with E-state index in [-0.39, 0.29) is 24.3 Å². The summed E-state index contributed by atoms with van der Waals surface area (Å²) in [7, 11) is 0. The van der Waals surface area contributed by atoms with Gasteiger partial charge in [0.1, 0.15) is 17.7 Å². The number of alkyl carbamates (subject to hydrolysis) is 1. The van der Waals surface area contributed by atoms with Crippen molar-refractivity contribution in [2.45, 2.75) is 76.6 Å². The predicted molar refractivity (Wildman–Crippen MR) is 130 cm³/mol. The number of ether oxygens (including phenoxy) is 1. The summed E-state index contributed by atoms with van der Waals surface area (Å²) in [6.07, 6.45) is 5.44.